The van der Waals surface area contributed by atoms with E-state index in [0.29, 0.717) is 15.6 Å². The van der Waals surface area contributed by atoms with Crippen molar-refractivity contribution >= 4 is 46.3 Å². The number of hydrogen-bond acceptors (Lipinski definition) is 4. The Morgan fingerprint density at radius 2 is 1.86 bits per heavy atom. The maximum atomic E-state index is 11.2. The Bertz CT molecular complexity index is 712. The predicted molar refractivity (Wildman–Crippen MR) is 87.6 cm³/mol. The zero-order valence-electron chi connectivity index (χ0n) is 11.3. The SMILES string of the molecule is Cc1cc(C)c(Sc2cc(Cl)cc(Cl)c2[N+](=O)[O-])c(N)c1. The fraction of sp³-hybridized carbons (Fsp3) is 0.143. The van der Waals surface area contributed by atoms with E-state index >= 15 is 0 Å². The average molecular weight is 343 g/mol. The summed E-state index contributed by atoms with van der Waals surface area (Å²) in [4.78, 5) is 11.8. The Morgan fingerprint density at radius 3 is 2.43 bits per heavy atom. The second-order valence-corrected chi connectivity index (χ2v) is 6.49. The van der Waals surface area contributed by atoms with Gasteiger partial charge in [0.25, 0.3) is 0 Å². The molecule has 110 valence electrons. The second-order valence-electron chi connectivity index (χ2n) is 4.59. The maximum absolute atomic E-state index is 11.2. The number of nitro benzene ring substituents is 1. The molecule has 21 heavy (non-hydrogen) atoms. The van der Waals surface area contributed by atoms with Crippen LogP contribution in [0.3, 0.4) is 0 Å². The van der Waals surface area contributed by atoms with Gasteiger partial charge in [0.05, 0.1) is 9.82 Å². The average Bonchev–Trinajstić information content (AvgIpc) is 2.32. The van der Waals surface area contributed by atoms with Crippen molar-refractivity contribution in [1.29, 1.82) is 0 Å². The number of nitrogen functional groups attached to an aromatic ring is 1. The summed E-state index contributed by atoms with van der Waals surface area (Å²) in [6.45, 7) is 3.85. The van der Waals surface area contributed by atoms with E-state index in [1.54, 1.807) is 0 Å². The van der Waals surface area contributed by atoms with E-state index in [4.69, 9.17) is 28.9 Å². The highest BCUT2D eigenvalue weighted by Crippen LogP contribution is 2.43. The number of aryl methyl sites for hydroxylation is 2. The number of nitro groups is 1. The third kappa shape index (κ3) is 3.43. The van der Waals surface area contributed by atoms with Gasteiger partial charge < -0.3 is 5.73 Å². The van der Waals surface area contributed by atoms with Gasteiger partial charge in [0.15, 0.2) is 0 Å². The van der Waals surface area contributed by atoms with Crippen LogP contribution in [-0.4, -0.2) is 4.92 Å². The summed E-state index contributed by atoms with van der Waals surface area (Å²) in [5.74, 6) is 0. The van der Waals surface area contributed by atoms with E-state index in [2.05, 4.69) is 0 Å². The van der Waals surface area contributed by atoms with Crippen LogP contribution in [0.1, 0.15) is 11.1 Å². The number of anilines is 1. The molecule has 2 N–H and O–H groups in total. The molecule has 0 fully saturated rings. The molecule has 0 heterocycles. The first kappa shape index (κ1) is 15.9. The van der Waals surface area contributed by atoms with Crippen LogP contribution in [0.4, 0.5) is 11.4 Å². The van der Waals surface area contributed by atoms with Crippen LogP contribution >= 0.6 is 35.0 Å². The van der Waals surface area contributed by atoms with Gasteiger partial charge in [-0.1, -0.05) is 41.0 Å². The lowest BCUT2D eigenvalue weighted by atomic mass is 10.1. The van der Waals surface area contributed by atoms with E-state index in [1.807, 2.05) is 26.0 Å². The fourth-order valence-corrected chi connectivity index (χ4v) is 3.80. The summed E-state index contributed by atoms with van der Waals surface area (Å²) >= 11 is 13.1. The second kappa shape index (κ2) is 6.13. The molecule has 0 bridgehead atoms. The molecule has 0 saturated heterocycles. The van der Waals surface area contributed by atoms with E-state index in [1.165, 1.54) is 23.9 Å². The minimum atomic E-state index is -0.513. The minimum absolute atomic E-state index is 0.0123. The van der Waals surface area contributed by atoms with Gasteiger partial charge in [-0.05, 0) is 43.2 Å². The van der Waals surface area contributed by atoms with E-state index in [-0.39, 0.29) is 10.7 Å². The molecule has 2 rings (SSSR count). The highest BCUT2D eigenvalue weighted by atomic mass is 35.5. The number of hydrogen-bond donors (Lipinski definition) is 1. The first-order valence-electron chi connectivity index (χ1n) is 5.97. The lowest BCUT2D eigenvalue weighted by molar-refractivity contribution is -0.387. The Labute approximate surface area is 136 Å². The number of nitrogens with zero attached hydrogens (tertiary/aromatic N) is 1. The molecule has 0 atom stereocenters. The van der Waals surface area contributed by atoms with Crippen LogP contribution in [0.2, 0.25) is 10.0 Å². The van der Waals surface area contributed by atoms with Gasteiger partial charge in [0, 0.05) is 15.6 Å². The van der Waals surface area contributed by atoms with Crippen molar-refractivity contribution in [3.8, 4) is 0 Å². The van der Waals surface area contributed by atoms with Gasteiger partial charge in [0.2, 0.25) is 0 Å². The lowest BCUT2D eigenvalue weighted by Crippen LogP contribution is -1.96. The smallest absolute Gasteiger partial charge is 0.301 e. The highest BCUT2D eigenvalue weighted by Gasteiger charge is 2.22. The number of rotatable bonds is 3. The first-order chi connectivity index (χ1) is 9.79. The van der Waals surface area contributed by atoms with Crippen LogP contribution in [0.15, 0.2) is 34.1 Å². The third-order valence-electron chi connectivity index (χ3n) is 2.84. The Kier molecular flexibility index (Phi) is 4.66. The molecule has 7 heteroatoms. The van der Waals surface area contributed by atoms with E-state index in [0.717, 1.165) is 16.0 Å². The normalized spacial score (nSPS) is 10.7. The van der Waals surface area contributed by atoms with Crippen LogP contribution in [0, 0.1) is 24.0 Å². The van der Waals surface area contributed by atoms with Crippen molar-refractivity contribution in [3.63, 3.8) is 0 Å². The van der Waals surface area contributed by atoms with Crippen molar-refractivity contribution in [1.82, 2.24) is 0 Å². The Morgan fingerprint density at radius 1 is 1.19 bits per heavy atom. The van der Waals surface area contributed by atoms with Crippen molar-refractivity contribution < 1.29 is 4.92 Å². The maximum Gasteiger partial charge on any atom is 0.301 e. The van der Waals surface area contributed by atoms with Crippen molar-refractivity contribution in [2.45, 2.75) is 23.6 Å². The third-order valence-corrected chi connectivity index (χ3v) is 4.63. The molecule has 2 aromatic carbocycles. The largest absolute Gasteiger partial charge is 0.398 e. The first-order valence-corrected chi connectivity index (χ1v) is 7.55. The van der Waals surface area contributed by atoms with Gasteiger partial charge >= 0.3 is 5.69 Å². The van der Waals surface area contributed by atoms with Gasteiger partial charge in [-0.15, -0.1) is 0 Å². The zero-order valence-corrected chi connectivity index (χ0v) is 13.6. The summed E-state index contributed by atoms with van der Waals surface area (Å²) in [6, 6.07) is 6.68. The fourth-order valence-electron chi connectivity index (χ4n) is 2.03. The molecule has 2 aromatic rings. The molecular formula is C14H12Cl2N2O2S. The molecule has 0 aliphatic heterocycles. The lowest BCUT2D eigenvalue weighted by Gasteiger charge is -2.11. The molecule has 0 aliphatic rings. The predicted octanol–water partition coefficient (Wildman–Crippen LogP) is 5.25. The summed E-state index contributed by atoms with van der Waals surface area (Å²) < 4.78 is 0. The molecular weight excluding hydrogens is 331 g/mol. The zero-order chi connectivity index (χ0) is 15.7. The number of benzene rings is 2. The molecule has 0 saturated carbocycles. The molecule has 0 aromatic heterocycles. The molecule has 0 radical (unpaired) electrons. The molecule has 0 spiro atoms. The monoisotopic (exact) mass is 342 g/mol. The van der Waals surface area contributed by atoms with Crippen LogP contribution in [0.25, 0.3) is 0 Å². The summed E-state index contributed by atoms with van der Waals surface area (Å²) in [5, 5.41) is 11.6. The van der Waals surface area contributed by atoms with Crippen LogP contribution < -0.4 is 5.73 Å². The quantitative estimate of drug-likeness (QED) is 0.469. The summed E-state index contributed by atoms with van der Waals surface area (Å²) in [7, 11) is 0. The van der Waals surface area contributed by atoms with E-state index in [9.17, 15) is 10.1 Å². The van der Waals surface area contributed by atoms with E-state index < -0.39 is 4.92 Å². The number of halogens is 2. The van der Waals surface area contributed by atoms with Crippen molar-refractivity contribution in [3.05, 3.63) is 55.6 Å². The highest BCUT2D eigenvalue weighted by molar-refractivity contribution is 7.99. The van der Waals surface area contributed by atoms with Gasteiger partial charge in [-0.3, -0.25) is 10.1 Å². The van der Waals surface area contributed by atoms with Crippen LogP contribution in [-0.2, 0) is 0 Å². The minimum Gasteiger partial charge on any atom is -0.398 e. The van der Waals surface area contributed by atoms with Crippen molar-refractivity contribution in [2.24, 2.45) is 0 Å². The molecule has 0 unspecified atom stereocenters. The number of nitrogens with two attached hydrogens (primary N) is 1. The van der Waals surface area contributed by atoms with Crippen molar-refractivity contribution in [2.75, 3.05) is 5.73 Å². The molecule has 4 nitrogen and oxygen atoms in total. The van der Waals surface area contributed by atoms with Gasteiger partial charge in [-0.2, -0.15) is 0 Å². The standard InChI is InChI=1S/C14H12Cl2N2O2S/c1-7-3-8(2)14(11(17)4-7)21-12-6-9(15)5-10(16)13(12)18(19)20/h3-6H,17H2,1-2H3. The summed E-state index contributed by atoms with van der Waals surface area (Å²) in [5.41, 5.74) is 8.41. The topological polar surface area (TPSA) is 69.2 Å². The Balaban J connectivity index is 2.57. The molecule has 0 aliphatic carbocycles. The Hall–Kier alpha value is -1.43. The molecule has 0 amide bonds. The van der Waals surface area contributed by atoms with Gasteiger partial charge in [0.1, 0.15) is 5.02 Å². The van der Waals surface area contributed by atoms with Crippen LogP contribution in [0.5, 0.6) is 0 Å². The van der Waals surface area contributed by atoms with Gasteiger partial charge in [-0.25, -0.2) is 0 Å². The summed E-state index contributed by atoms with van der Waals surface area (Å²) in [6.07, 6.45) is 0.